The van der Waals surface area contributed by atoms with Crippen molar-refractivity contribution in [2.45, 2.75) is 0 Å². The molecule has 0 aliphatic heterocycles. The lowest BCUT2D eigenvalue weighted by Crippen LogP contribution is -2.00. The minimum absolute atomic E-state index is 0.383. The van der Waals surface area contributed by atoms with Gasteiger partial charge in [0, 0.05) is 0 Å². The van der Waals surface area contributed by atoms with Gasteiger partial charge < -0.3 is 0 Å². The Labute approximate surface area is 78.3 Å². The Hall–Kier alpha value is -1.40. The Morgan fingerprint density at radius 2 is 2.00 bits per heavy atom. The molecule has 1 aromatic carbocycles. The Morgan fingerprint density at radius 3 is 2.54 bits per heavy atom. The first kappa shape index (κ1) is 9.69. The Bertz CT molecular complexity index is 407. The molecule has 0 aromatic heterocycles. The van der Waals surface area contributed by atoms with Gasteiger partial charge in [-0.2, -0.15) is 0 Å². The molecule has 0 saturated heterocycles. The number of carbonyl (C=O) groups is 1. The number of rotatable bonds is 1. The fourth-order valence-corrected chi connectivity index (χ4v) is 0.925. The number of benzene rings is 1. The van der Waals surface area contributed by atoms with E-state index in [4.69, 9.17) is 18.0 Å². The van der Waals surface area contributed by atoms with E-state index in [0.717, 1.165) is 0 Å². The van der Waals surface area contributed by atoms with Gasteiger partial charge >= 0.3 is 0 Å². The van der Waals surface area contributed by atoms with Crippen molar-refractivity contribution in [3.8, 4) is 12.3 Å². The summed E-state index contributed by atoms with van der Waals surface area (Å²) in [5.74, 6) is -1.02. The highest BCUT2D eigenvalue weighted by atomic mass is 35.5. The standard InChI is InChI=1S/C9H3ClF2O/c1-2-9(13)5-3-8(12)6(10)4-7(5)11/h1,3-4H. The van der Waals surface area contributed by atoms with Crippen LogP contribution in [0.2, 0.25) is 5.02 Å². The normalized spacial score (nSPS) is 9.38. The average Bonchev–Trinajstić information content (AvgIpc) is 2.10. The van der Waals surface area contributed by atoms with Gasteiger partial charge in [0.1, 0.15) is 11.6 Å². The number of hydrogen-bond donors (Lipinski definition) is 0. The quantitative estimate of drug-likeness (QED) is 0.295. The maximum atomic E-state index is 12.9. The van der Waals surface area contributed by atoms with Crippen LogP contribution in [0.25, 0.3) is 0 Å². The summed E-state index contributed by atoms with van der Waals surface area (Å²) in [7, 11) is 0. The fraction of sp³-hybridized carbons (Fsp3) is 0. The number of ketones is 1. The number of hydrogen-bond acceptors (Lipinski definition) is 1. The van der Waals surface area contributed by atoms with Crippen molar-refractivity contribution in [3.63, 3.8) is 0 Å². The van der Waals surface area contributed by atoms with Crippen molar-refractivity contribution < 1.29 is 13.6 Å². The summed E-state index contributed by atoms with van der Waals surface area (Å²) in [6, 6.07) is 1.39. The van der Waals surface area contributed by atoms with E-state index in [2.05, 4.69) is 0 Å². The lowest BCUT2D eigenvalue weighted by atomic mass is 10.1. The van der Waals surface area contributed by atoms with Crippen LogP contribution in [0.15, 0.2) is 12.1 Å². The minimum atomic E-state index is -0.922. The van der Waals surface area contributed by atoms with Crippen LogP contribution in [0.4, 0.5) is 8.78 Å². The molecule has 66 valence electrons. The van der Waals surface area contributed by atoms with Gasteiger partial charge in [-0.3, -0.25) is 4.79 Å². The molecule has 0 saturated carbocycles. The molecule has 1 nitrogen and oxygen atoms in total. The summed E-state index contributed by atoms with van der Waals surface area (Å²) in [5.41, 5.74) is -0.482. The zero-order valence-corrected chi connectivity index (χ0v) is 7.03. The third kappa shape index (κ3) is 1.85. The van der Waals surface area contributed by atoms with Gasteiger partial charge in [0.2, 0.25) is 5.78 Å². The zero-order valence-electron chi connectivity index (χ0n) is 6.27. The molecule has 1 aromatic rings. The van der Waals surface area contributed by atoms with Crippen LogP contribution >= 0.6 is 11.6 Å². The van der Waals surface area contributed by atoms with Crippen molar-refractivity contribution in [1.82, 2.24) is 0 Å². The molecule has 1 rings (SSSR count). The van der Waals surface area contributed by atoms with Gasteiger partial charge in [-0.1, -0.05) is 11.6 Å². The first-order chi connectivity index (χ1) is 6.06. The van der Waals surface area contributed by atoms with Crippen LogP contribution in [0.1, 0.15) is 10.4 Å². The highest BCUT2D eigenvalue weighted by Crippen LogP contribution is 2.19. The molecule has 0 unspecified atom stereocenters. The Balaban J connectivity index is 3.33. The summed E-state index contributed by atoms with van der Waals surface area (Å²) in [6.45, 7) is 0. The Kier molecular flexibility index (Phi) is 2.64. The molecule has 0 aliphatic carbocycles. The summed E-state index contributed by atoms with van der Waals surface area (Å²) in [5, 5.41) is -0.383. The highest BCUT2D eigenvalue weighted by molar-refractivity contribution is 6.30. The number of carbonyl (C=O) groups excluding carboxylic acids is 1. The van der Waals surface area contributed by atoms with Crippen LogP contribution in [0.5, 0.6) is 0 Å². The lowest BCUT2D eigenvalue weighted by molar-refractivity contribution is 0.105. The van der Waals surface area contributed by atoms with Gasteiger partial charge in [0.05, 0.1) is 10.6 Å². The summed E-state index contributed by atoms with van der Waals surface area (Å²) in [6.07, 6.45) is 4.74. The third-order valence-corrected chi connectivity index (χ3v) is 1.68. The van der Waals surface area contributed by atoms with E-state index >= 15 is 0 Å². The van der Waals surface area contributed by atoms with Crippen LogP contribution in [0, 0.1) is 24.0 Å². The number of halogens is 3. The summed E-state index contributed by atoms with van der Waals surface area (Å²) < 4.78 is 25.6. The lowest BCUT2D eigenvalue weighted by Gasteiger charge is -1.99. The van der Waals surface area contributed by atoms with E-state index in [9.17, 15) is 13.6 Å². The first-order valence-corrected chi connectivity index (χ1v) is 3.59. The van der Waals surface area contributed by atoms with Crippen molar-refractivity contribution in [3.05, 3.63) is 34.4 Å². The molecular weight excluding hydrogens is 198 g/mol. The van der Waals surface area contributed by atoms with Gasteiger partial charge in [-0.05, 0) is 18.1 Å². The third-order valence-electron chi connectivity index (χ3n) is 1.39. The maximum Gasteiger partial charge on any atom is 0.238 e. The highest BCUT2D eigenvalue weighted by Gasteiger charge is 2.13. The van der Waals surface area contributed by atoms with Crippen molar-refractivity contribution in [1.29, 1.82) is 0 Å². The average molecular weight is 201 g/mol. The molecule has 4 heteroatoms. The van der Waals surface area contributed by atoms with Gasteiger partial charge in [-0.25, -0.2) is 8.78 Å². The van der Waals surface area contributed by atoms with Gasteiger partial charge in [0.15, 0.2) is 0 Å². The molecule has 0 fully saturated rings. The maximum absolute atomic E-state index is 12.9. The second-order valence-corrected chi connectivity index (χ2v) is 2.63. The van der Waals surface area contributed by atoms with E-state index in [1.54, 1.807) is 5.92 Å². The van der Waals surface area contributed by atoms with E-state index in [-0.39, 0.29) is 5.02 Å². The monoisotopic (exact) mass is 200 g/mol. The second-order valence-electron chi connectivity index (χ2n) is 2.22. The van der Waals surface area contributed by atoms with Crippen molar-refractivity contribution in [2.75, 3.05) is 0 Å². The first-order valence-electron chi connectivity index (χ1n) is 3.21. The molecule has 0 spiro atoms. The van der Waals surface area contributed by atoms with E-state index in [1.165, 1.54) is 0 Å². The van der Waals surface area contributed by atoms with E-state index in [1.807, 2.05) is 0 Å². The predicted molar refractivity (Wildman–Crippen MR) is 44.5 cm³/mol. The van der Waals surface area contributed by atoms with Crippen LogP contribution < -0.4 is 0 Å². The molecule has 0 amide bonds. The number of terminal acetylenes is 1. The van der Waals surface area contributed by atoms with Crippen molar-refractivity contribution in [2.24, 2.45) is 0 Å². The largest absolute Gasteiger partial charge is 0.279 e. The molecule has 0 radical (unpaired) electrons. The second kappa shape index (κ2) is 3.55. The van der Waals surface area contributed by atoms with E-state index < -0.39 is 23.0 Å². The minimum Gasteiger partial charge on any atom is -0.279 e. The molecule has 0 aliphatic rings. The van der Waals surface area contributed by atoms with Crippen LogP contribution in [0.3, 0.4) is 0 Å². The van der Waals surface area contributed by atoms with Crippen LogP contribution in [-0.2, 0) is 0 Å². The smallest absolute Gasteiger partial charge is 0.238 e. The summed E-state index contributed by atoms with van der Waals surface area (Å²) >= 11 is 5.26. The zero-order chi connectivity index (χ0) is 10.0. The molecule has 0 heterocycles. The van der Waals surface area contributed by atoms with Gasteiger partial charge in [0.25, 0.3) is 0 Å². The molecule has 0 N–H and O–H groups in total. The molecule has 0 atom stereocenters. The Morgan fingerprint density at radius 1 is 1.38 bits per heavy atom. The number of Topliss-reactive ketones (excluding diaryl/α,β-unsaturated/α-hetero) is 1. The topological polar surface area (TPSA) is 17.1 Å². The SMILES string of the molecule is C#CC(=O)c1cc(F)c(Cl)cc1F. The predicted octanol–water partition coefficient (Wildman–Crippen LogP) is 2.43. The summed E-state index contributed by atoms with van der Waals surface area (Å²) in [4.78, 5) is 10.8. The molecule has 0 bridgehead atoms. The van der Waals surface area contributed by atoms with Gasteiger partial charge in [-0.15, -0.1) is 6.42 Å². The fourth-order valence-electron chi connectivity index (χ4n) is 0.774. The van der Waals surface area contributed by atoms with E-state index in [0.29, 0.717) is 12.1 Å². The van der Waals surface area contributed by atoms with Crippen LogP contribution in [-0.4, -0.2) is 5.78 Å². The molecule has 13 heavy (non-hydrogen) atoms. The molecular formula is C9H3ClF2O. The van der Waals surface area contributed by atoms with Crippen molar-refractivity contribution >= 4 is 17.4 Å².